The van der Waals surface area contributed by atoms with Gasteiger partial charge in [-0.15, -0.1) is 0 Å². The second kappa shape index (κ2) is 10.6. The fourth-order valence-corrected chi connectivity index (χ4v) is 3.49. The number of fused-ring (bicyclic) bond motifs is 1. The average molecular weight is 419 g/mol. The van der Waals surface area contributed by atoms with Crippen LogP contribution in [-0.2, 0) is 16.1 Å². The molecule has 162 valence electrons. The smallest absolute Gasteiger partial charge is 0.261 e. The van der Waals surface area contributed by atoms with E-state index in [9.17, 15) is 9.59 Å². The maximum Gasteiger partial charge on any atom is 0.261 e. The van der Waals surface area contributed by atoms with E-state index in [0.29, 0.717) is 18.8 Å². The molecule has 0 saturated heterocycles. The molecule has 0 aliphatic heterocycles. The van der Waals surface area contributed by atoms with Gasteiger partial charge in [-0.05, 0) is 42.8 Å². The lowest BCUT2D eigenvalue weighted by molar-refractivity contribution is -0.142. The maximum absolute atomic E-state index is 13.2. The normalized spacial score (nSPS) is 11.7. The minimum Gasteiger partial charge on any atom is -0.483 e. The lowest BCUT2D eigenvalue weighted by atomic mass is 10.1. The number of carbonyl (C=O) groups excluding carboxylic acids is 2. The van der Waals surface area contributed by atoms with Gasteiger partial charge < -0.3 is 15.0 Å². The lowest BCUT2D eigenvalue weighted by Gasteiger charge is -2.29. The van der Waals surface area contributed by atoms with Crippen molar-refractivity contribution in [3.63, 3.8) is 0 Å². The molecule has 1 N–H and O–H groups in total. The molecule has 1 atom stereocenters. The van der Waals surface area contributed by atoms with Crippen LogP contribution in [-0.4, -0.2) is 35.9 Å². The molecule has 3 aromatic rings. The Morgan fingerprint density at radius 2 is 1.71 bits per heavy atom. The van der Waals surface area contributed by atoms with Crippen molar-refractivity contribution in [3.8, 4) is 5.75 Å². The topological polar surface area (TPSA) is 58.6 Å². The molecule has 0 spiro atoms. The molecule has 2 amide bonds. The van der Waals surface area contributed by atoms with Crippen LogP contribution < -0.4 is 10.1 Å². The average Bonchev–Trinajstić information content (AvgIpc) is 2.80. The molecule has 0 bridgehead atoms. The van der Waals surface area contributed by atoms with Gasteiger partial charge in [-0.25, -0.2) is 0 Å². The Bertz CT molecular complexity index is 1040. The van der Waals surface area contributed by atoms with E-state index in [1.54, 1.807) is 11.8 Å². The summed E-state index contributed by atoms with van der Waals surface area (Å²) < 4.78 is 5.92. The van der Waals surface area contributed by atoms with Crippen molar-refractivity contribution < 1.29 is 14.3 Å². The highest BCUT2D eigenvalue weighted by molar-refractivity contribution is 5.90. The van der Waals surface area contributed by atoms with E-state index in [2.05, 4.69) is 5.32 Å². The van der Waals surface area contributed by atoms with Gasteiger partial charge in [0.15, 0.2) is 6.61 Å². The van der Waals surface area contributed by atoms with Gasteiger partial charge in [0.25, 0.3) is 5.91 Å². The molecule has 0 unspecified atom stereocenters. The SMILES string of the molecule is CCCNC(=O)[C@@H](C)N(Cc1ccccc1C)C(=O)COc1cccc2ccccc12. The minimum atomic E-state index is -0.602. The van der Waals surface area contributed by atoms with Gasteiger partial charge in [0.2, 0.25) is 5.91 Å². The molecular weight excluding hydrogens is 388 g/mol. The van der Waals surface area contributed by atoms with Gasteiger partial charge in [0, 0.05) is 18.5 Å². The summed E-state index contributed by atoms with van der Waals surface area (Å²) in [5.74, 6) is 0.273. The Labute approximate surface area is 184 Å². The highest BCUT2D eigenvalue weighted by atomic mass is 16.5. The van der Waals surface area contributed by atoms with Crippen LogP contribution in [0.5, 0.6) is 5.75 Å². The predicted octanol–water partition coefficient (Wildman–Crippen LogP) is 4.47. The van der Waals surface area contributed by atoms with E-state index in [4.69, 9.17) is 4.74 Å². The first-order valence-electron chi connectivity index (χ1n) is 10.7. The van der Waals surface area contributed by atoms with Crippen LogP contribution in [0.2, 0.25) is 0 Å². The van der Waals surface area contributed by atoms with E-state index >= 15 is 0 Å². The zero-order chi connectivity index (χ0) is 22.2. The van der Waals surface area contributed by atoms with Crippen molar-refractivity contribution in [2.24, 2.45) is 0 Å². The number of ether oxygens (including phenoxy) is 1. The molecule has 0 aliphatic rings. The van der Waals surface area contributed by atoms with Crippen molar-refractivity contribution in [2.75, 3.05) is 13.2 Å². The summed E-state index contributed by atoms with van der Waals surface area (Å²) in [5.41, 5.74) is 2.09. The van der Waals surface area contributed by atoms with Gasteiger partial charge in [-0.2, -0.15) is 0 Å². The first-order chi connectivity index (χ1) is 15.0. The van der Waals surface area contributed by atoms with Crippen LogP contribution in [0.15, 0.2) is 66.7 Å². The van der Waals surface area contributed by atoms with Gasteiger partial charge in [0.05, 0.1) is 0 Å². The monoisotopic (exact) mass is 418 g/mol. The molecule has 0 aromatic heterocycles. The van der Waals surface area contributed by atoms with Crippen LogP contribution in [0.3, 0.4) is 0 Å². The van der Waals surface area contributed by atoms with Crippen molar-refractivity contribution in [1.29, 1.82) is 0 Å². The number of hydrogen-bond donors (Lipinski definition) is 1. The van der Waals surface area contributed by atoms with Crippen LogP contribution in [0.1, 0.15) is 31.4 Å². The number of rotatable bonds is 9. The number of nitrogens with one attached hydrogen (secondary N) is 1. The summed E-state index contributed by atoms with van der Waals surface area (Å²) in [5, 5.41) is 4.90. The standard InChI is InChI=1S/C26H30N2O3/c1-4-16-27-26(30)20(3)28(17-22-12-6-5-10-19(22)2)25(29)18-31-24-15-9-13-21-11-7-8-14-23(21)24/h5-15,20H,4,16-18H2,1-3H3,(H,27,30)/t20-/m1/s1. The van der Waals surface area contributed by atoms with Crippen molar-refractivity contribution in [2.45, 2.75) is 39.8 Å². The lowest BCUT2D eigenvalue weighted by Crippen LogP contribution is -2.49. The fraction of sp³-hybridized carbons (Fsp3) is 0.308. The first-order valence-corrected chi connectivity index (χ1v) is 10.7. The Hall–Kier alpha value is -3.34. The Balaban J connectivity index is 1.79. The molecule has 5 heteroatoms. The van der Waals surface area contributed by atoms with Crippen molar-refractivity contribution in [3.05, 3.63) is 77.9 Å². The van der Waals surface area contributed by atoms with Crippen molar-refractivity contribution in [1.82, 2.24) is 10.2 Å². The minimum absolute atomic E-state index is 0.134. The first kappa shape index (κ1) is 22.3. The predicted molar refractivity (Wildman–Crippen MR) is 124 cm³/mol. The number of hydrogen-bond acceptors (Lipinski definition) is 3. The van der Waals surface area contributed by atoms with Crippen LogP contribution in [0.25, 0.3) is 10.8 Å². The second-order valence-corrected chi connectivity index (χ2v) is 7.68. The summed E-state index contributed by atoms with van der Waals surface area (Å²) in [4.78, 5) is 27.4. The summed E-state index contributed by atoms with van der Waals surface area (Å²) in [6.45, 7) is 6.57. The zero-order valence-corrected chi connectivity index (χ0v) is 18.4. The van der Waals surface area contributed by atoms with E-state index in [1.807, 2.05) is 80.6 Å². The molecule has 31 heavy (non-hydrogen) atoms. The fourth-order valence-electron chi connectivity index (χ4n) is 3.49. The molecule has 5 nitrogen and oxygen atoms in total. The molecule has 0 radical (unpaired) electrons. The van der Waals surface area contributed by atoms with Gasteiger partial charge >= 0.3 is 0 Å². The second-order valence-electron chi connectivity index (χ2n) is 7.68. The summed E-state index contributed by atoms with van der Waals surface area (Å²) in [6.07, 6.45) is 0.842. The molecule has 0 heterocycles. The van der Waals surface area contributed by atoms with E-state index in [1.165, 1.54) is 0 Å². The Kier molecular flexibility index (Phi) is 7.65. The molecular formula is C26H30N2O3. The number of carbonyl (C=O) groups is 2. The summed E-state index contributed by atoms with van der Waals surface area (Å²) in [7, 11) is 0. The molecule has 0 saturated carbocycles. The third-order valence-electron chi connectivity index (χ3n) is 5.42. The van der Waals surface area contributed by atoms with Crippen LogP contribution in [0, 0.1) is 6.92 Å². The number of amides is 2. The molecule has 3 aromatic carbocycles. The third-order valence-corrected chi connectivity index (χ3v) is 5.42. The number of nitrogens with zero attached hydrogens (tertiary/aromatic N) is 1. The Morgan fingerprint density at radius 1 is 1.00 bits per heavy atom. The quantitative estimate of drug-likeness (QED) is 0.558. The Morgan fingerprint density at radius 3 is 2.48 bits per heavy atom. The molecule has 0 aliphatic carbocycles. The van der Waals surface area contributed by atoms with Gasteiger partial charge in [-0.1, -0.05) is 67.6 Å². The largest absolute Gasteiger partial charge is 0.483 e. The van der Waals surface area contributed by atoms with Gasteiger partial charge in [-0.3, -0.25) is 9.59 Å². The van der Waals surface area contributed by atoms with E-state index in [0.717, 1.165) is 28.3 Å². The summed E-state index contributed by atoms with van der Waals surface area (Å²) >= 11 is 0. The molecule has 0 fully saturated rings. The third kappa shape index (κ3) is 5.63. The van der Waals surface area contributed by atoms with Crippen LogP contribution >= 0.6 is 0 Å². The highest BCUT2D eigenvalue weighted by Crippen LogP contribution is 2.25. The maximum atomic E-state index is 13.2. The van der Waals surface area contributed by atoms with Crippen molar-refractivity contribution >= 4 is 22.6 Å². The van der Waals surface area contributed by atoms with E-state index < -0.39 is 6.04 Å². The molecule has 3 rings (SSSR count). The highest BCUT2D eigenvalue weighted by Gasteiger charge is 2.26. The van der Waals surface area contributed by atoms with Crippen LogP contribution in [0.4, 0.5) is 0 Å². The number of aryl methyl sites for hydroxylation is 1. The summed E-state index contributed by atoms with van der Waals surface area (Å²) in [6, 6.07) is 21.0. The number of benzene rings is 3. The zero-order valence-electron chi connectivity index (χ0n) is 18.4. The van der Waals surface area contributed by atoms with E-state index in [-0.39, 0.29) is 18.4 Å². The van der Waals surface area contributed by atoms with Gasteiger partial charge in [0.1, 0.15) is 11.8 Å².